The zero-order valence-corrected chi connectivity index (χ0v) is 14.3. The van der Waals surface area contributed by atoms with Gasteiger partial charge in [-0.15, -0.1) is 0 Å². The molecule has 2 rings (SSSR count). The molecule has 0 amide bonds. The molecule has 0 fully saturated rings. The van der Waals surface area contributed by atoms with Gasteiger partial charge in [-0.3, -0.25) is 0 Å². The summed E-state index contributed by atoms with van der Waals surface area (Å²) in [5.74, 6) is 0.391. The smallest absolute Gasteiger partial charge is 0.450 e. The molecule has 1 atom stereocenters. The first-order chi connectivity index (χ1) is 11.7. The van der Waals surface area contributed by atoms with Crippen molar-refractivity contribution < 1.29 is 14.6 Å². The molecule has 0 saturated heterocycles. The van der Waals surface area contributed by atoms with Crippen LogP contribution in [0.3, 0.4) is 0 Å². The average Bonchev–Trinajstić information content (AvgIpc) is 2.61. The van der Waals surface area contributed by atoms with Crippen LogP contribution >= 0.6 is 0 Å². The number of hydrogen-bond acceptors (Lipinski definition) is 2. The second-order valence-corrected chi connectivity index (χ2v) is 5.98. The van der Waals surface area contributed by atoms with Crippen molar-refractivity contribution in [1.29, 1.82) is 0 Å². The minimum Gasteiger partial charge on any atom is -0.450 e. The third kappa shape index (κ3) is 5.41. The maximum absolute atomic E-state index is 10.4. The highest BCUT2D eigenvalue weighted by Gasteiger charge is 2.16. The quantitative estimate of drug-likeness (QED) is 0.479. The lowest BCUT2D eigenvalue weighted by Gasteiger charge is -2.21. The van der Waals surface area contributed by atoms with Crippen molar-refractivity contribution in [3.05, 3.63) is 71.3 Å². The summed E-state index contributed by atoms with van der Waals surface area (Å²) in [5, 5.41) is 8.49. The highest BCUT2D eigenvalue weighted by Crippen LogP contribution is 2.32. The predicted octanol–water partition coefficient (Wildman–Crippen LogP) is 5.64. The zero-order chi connectivity index (χ0) is 17.2. The van der Waals surface area contributed by atoms with Gasteiger partial charge in [-0.2, -0.15) is 0 Å². The van der Waals surface area contributed by atoms with Crippen LogP contribution in [0.25, 0.3) is 0 Å². The summed E-state index contributed by atoms with van der Waals surface area (Å²) in [6, 6.07) is 19.3. The highest BCUT2D eigenvalue weighted by atomic mass is 16.7. The molecule has 0 saturated carbocycles. The van der Waals surface area contributed by atoms with Crippen molar-refractivity contribution in [2.24, 2.45) is 0 Å². The third-order valence-corrected chi connectivity index (χ3v) is 4.38. The topological polar surface area (TPSA) is 46.5 Å². The van der Waals surface area contributed by atoms with Gasteiger partial charge in [-0.25, -0.2) is 4.79 Å². The summed E-state index contributed by atoms with van der Waals surface area (Å²) in [6.45, 7) is 2.49. The summed E-state index contributed by atoms with van der Waals surface area (Å²) in [5.41, 5.74) is 4.16. The molecule has 0 aliphatic rings. The molecule has 0 aliphatic carbocycles. The van der Waals surface area contributed by atoms with Crippen LogP contribution in [0.15, 0.2) is 54.6 Å². The van der Waals surface area contributed by atoms with E-state index in [9.17, 15) is 4.79 Å². The van der Waals surface area contributed by atoms with Gasteiger partial charge in [0.2, 0.25) is 0 Å². The van der Waals surface area contributed by atoms with Gasteiger partial charge in [0.25, 0.3) is 0 Å². The number of hydrogen-bond donors (Lipinski definition) is 1. The molecular formula is C21H26O3. The van der Waals surface area contributed by atoms with Crippen molar-refractivity contribution in [2.75, 3.05) is 6.61 Å². The van der Waals surface area contributed by atoms with Crippen LogP contribution in [0, 0.1) is 0 Å². The second kappa shape index (κ2) is 9.76. The van der Waals surface area contributed by atoms with Crippen molar-refractivity contribution in [3.8, 4) is 0 Å². The van der Waals surface area contributed by atoms with Gasteiger partial charge >= 0.3 is 6.16 Å². The number of carboxylic acid groups (broad SMARTS) is 1. The lowest BCUT2D eigenvalue weighted by molar-refractivity contribution is 0.0899. The number of unbranched alkanes of at least 4 members (excludes halogenated alkanes) is 2. The third-order valence-electron chi connectivity index (χ3n) is 4.38. The molecule has 24 heavy (non-hydrogen) atoms. The van der Waals surface area contributed by atoms with Gasteiger partial charge < -0.3 is 9.84 Å². The maximum atomic E-state index is 10.4. The number of rotatable bonds is 9. The first kappa shape index (κ1) is 18.1. The Balaban J connectivity index is 2.03. The Kier molecular flexibility index (Phi) is 7.34. The molecule has 3 nitrogen and oxygen atoms in total. The molecule has 1 unspecified atom stereocenters. The molecule has 128 valence electrons. The van der Waals surface area contributed by atoms with Crippen LogP contribution < -0.4 is 0 Å². The van der Waals surface area contributed by atoms with Crippen LogP contribution in [0.4, 0.5) is 4.79 Å². The van der Waals surface area contributed by atoms with E-state index in [1.54, 1.807) is 0 Å². The molecule has 1 N–H and O–H groups in total. The van der Waals surface area contributed by atoms with Crippen LogP contribution in [0.1, 0.15) is 55.2 Å². The molecule has 0 heterocycles. The maximum Gasteiger partial charge on any atom is 0.505 e. The summed E-state index contributed by atoms with van der Waals surface area (Å²) in [7, 11) is 0. The molecule has 0 spiro atoms. The van der Waals surface area contributed by atoms with Crippen LogP contribution in [0.2, 0.25) is 0 Å². The summed E-state index contributed by atoms with van der Waals surface area (Å²) in [6.07, 6.45) is 3.73. The SMILES string of the molecule is CCc1ccccc1C(CCCCCOC(=O)O)c1ccccc1. The Hall–Kier alpha value is -2.29. The van der Waals surface area contributed by atoms with E-state index >= 15 is 0 Å². The van der Waals surface area contributed by atoms with E-state index in [0.717, 1.165) is 32.1 Å². The molecule has 0 bridgehead atoms. The molecule has 0 radical (unpaired) electrons. The summed E-state index contributed by atoms with van der Waals surface area (Å²) in [4.78, 5) is 10.4. The normalized spacial score (nSPS) is 11.9. The fraction of sp³-hybridized carbons (Fsp3) is 0.381. The van der Waals surface area contributed by atoms with Gasteiger partial charge in [0.1, 0.15) is 0 Å². The van der Waals surface area contributed by atoms with E-state index in [1.807, 2.05) is 0 Å². The van der Waals surface area contributed by atoms with Crippen LogP contribution in [-0.2, 0) is 11.2 Å². The predicted molar refractivity (Wildman–Crippen MR) is 96.5 cm³/mol. The average molecular weight is 326 g/mol. The number of ether oxygens (including phenoxy) is 1. The summed E-state index contributed by atoms with van der Waals surface area (Å²) < 4.78 is 4.57. The van der Waals surface area contributed by atoms with E-state index in [0.29, 0.717) is 5.92 Å². The Labute approximate surface area is 144 Å². The highest BCUT2D eigenvalue weighted by molar-refractivity contribution is 5.56. The first-order valence-corrected chi connectivity index (χ1v) is 8.70. The molecular weight excluding hydrogens is 300 g/mol. The molecule has 3 heteroatoms. The minimum atomic E-state index is -1.19. The van der Waals surface area contributed by atoms with Crippen molar-refractivity contribution in [1.82, 2.24) is 0 Å². The molecule has 2 aromatic rings. The Morgan fingerprint density at radius 3 is 2.42 bits per heavy atom. The second-order valence-electron chi connectivity index (χ2n) is 5.98. The first-order valence-electron chi connectivity index (χ1n) is 8.70. The lowest BCUT2D eigenvalue weighted by Crippen LogP contribution is -2.05. The zero-order valence-electron chi connectivity index (χ0n) is 14.3. The van der Waals surface area contributed by atoms with Gasteiger partial charge in [0, 0.05) is 5.92 Å². The van der Waals surface area contributed by atoms with E-state index in [4.69, 9.17) is 5.11 Å². The summed E-state index contributed by atoms with van der Waals surface area (Å²) >= 11 is 0. The fourth-order valence-electron chi connectivity index (χ4n) is 3.17. The lowest BCUT2D eigenvalue weighted by atomic mass is 9.84. The Morgan fingerprint density at radius 1 is 1.00 bits per heavy atom. The number of carbonyl (C=O) groups is 1. The minimum absolute atomic E-state index is 0.289. The van der Waals surface area contributed by atoms with Crippen molar-refractivity contribution in [2.45, 2.75) is 44.9 Å². The Bertz CT molecular complexity index is 622. The van der Waals surface area contributed by atoms with Crippen molar-refractivity contribution in [3.63, 3.8) is 0 Å². The standard InChI is InChI=1S/C21H26O3/c1-2-17-11-8-9-15-19(17)20(18-12-5-3-6-13-18)14-7-4-10-16-24-21(22)23/h3,5-6,8-9,11-13,15,20H,2,4,7,10,14,16H2,1H3,(H,22,23). The van der Waals surface area contributed by atoms with Gasteiger partial charge in [-0.05, 0) is 36.0 Å². The van der Waals surface area contributed by atoms with Crippen LogP contribution in [-0.4, -0.2) is 17.9 Å². The van der Waals surface area contributed by atoms with E-state index in [1.165, 1.54) is 16.7 Å². The largest absolute Gasteiger partial charge is 0.505 e. The van der Waals surface area contributed by atoms with E-state index in [-0.39, 0.29) is 6.61 Å². The monoisotopic (exact) mass is 326 g/mol. The van der Waals surface area contributed by atoms with Gasteiger partial charge in [-0.1, -0.05) is 74.4 Å². The number of aryl methyl sites for hydroxylation is 1. The molecule has 2 aromatic carbocycles. The van der Waals surface area contributed by atoms with Crippen LogP contribution in [0.5, 0.6) is 0 Å². The van der Waals surface area contributed by atoms with E-state index in [2.05, 4.69) is 66.3 Å². The van der Waals surface area contributed by atoms with Gasteiger partial charge in [0.05, 0.1) is 6.61 Å². The molecule has 0 aliphatic heterocycles. The Morgan fingerprint density at radius 2 is 1.71 bits per heavy atom. The number of benzene rings is 2. The van der Waals surface area contributed by atoms with E-state index < -0.39 is 6.16 Å². The van der Waals surface area contributed by atoms with Gasteiger partial charge in [0.15, 0.2) is 0 Å². The molecule has 0 aromatic heterocycles. The fourth-order valence-corrected chi connectivity index (χ4v) is 3.17. The van der Waals surface area contributed by atoms with Crippen molar-refractivity contribution >= 4 is 6.16 Å².